The number of nitrogens with zero attached hydrogens (tertiary/aromatic N) is 1. The number of carbonyl (C=O) groups is 2. The number of hydrogen-bond acceptors (Lipinski definition) is 3. The summed E-state index contributed by atoms with van der Waals surface area (Å²) in [4.78, 5) is 22.0. The molecule has 0 fully saturated rings. The van der Waals surface area contributed by atoms with Crippen molar-refractivity contribution in [2.45, 2.75) is 26.4 Å². The van der Waals surface area contributed by atoms with Crippen molar-refractivity contribution in [3.05, 3.63) is 0 Å². The van der Waals surface area contributed by atoms with Crippen LogP contribution in [0.15, 0.2) is 0 Å². The first-order chi connectivity index (χ1) is 6.93. The zero-order valence-electron chi connectivity index (χ0n) is 10.8. The number of hydrogen-bond donors (Lipinski definition) is 1. The normalized spacial score (nSPS) is 15.2. The summed E-state index contributed by atoms with van der Waals surface area (Å²) >= 11 is 0. The van der Waals surface area contributed by atoms with E-state index >= 15 is 0 Å². The summed E-state index contributed by atoms with van der Waals surface area (Å²) in [6, 6.07) is 0. The van der Waals surface area contributed by atoms with Gasteiger partial charge in [0.1, 0.15) is 12.1 Å². The predicted octanol–water partition coefficient (Wildman–Crippen LogP) is 0.938. The smallest absolute Gasteiger partial charge is 0.410 e. The second kappa shape index (κ2) is 4.11. The Morgan fingerprint density at radius 2 is 2.08 bits per heavy atom. The van der Waals surface area contributed by atoms with Gasteiger partial charge in [-0.3, -0.25) is 4.79 Å². The zero-order chi connectivity index (χ0) is 13.1. The van der Waals surface area contributed by atoms with E-state index in [9.17, 15) is 9.59 Å². The van der Waals surface area contributed by atoms with Gasteiger partial charge in [-0.2, -0.15) is 0 Å². The molecule has 0 aliphatic heterocycles. The minimum Gasteiger partial charge on any atom is -0.480 e. The van der Waals surface area contributed by atoms with Crippen molar-refractivity contribution >= 4 is 12.1 Å². The van der Waals surface area contributed by atoms with Crippen molar-refractivity contribution in [3.8, 4) is 0 Å². The van der Waals surface area contributed by atoms with Gasteiger partial charge in [0.15, 0.2) is 0 Å². The maximum absolute atomic E-state index is 11.4. The Kier molecular flexibility index (Phi) is 2.27. The summed E-state index contributed by atoms with van der Waals surface area (Å²) < 4.78 is 25.8. The average Bonchev–Trinajstić information content (AvgIpc) is 1.93. The van der Waals surface area contributed by atoms with E-state index in [4.69, 9.17) is 14.0 Å². The average molecular weight is 192 g/mol. The van der Waals surface area contributed by atoms with Crippen molar-refractivity contribution in [2.75, 3.05) is 13.5 Å². The molecule has 0 bridgehead atoms. The van der Waals surface area contributed by atoms with Crippen LogP contribution in [0.3, 0.4) is 0 Å². The third-order valence-corrected chi connectivity index (χ3v) is 0.907. The molecule has 13 heavy (non-hydrogen) atoms. The summed E-state index contributed by atoms with van der Waals surface area (Å²) in [5.74, 6) is -1.41. The molecule has 0 radical (unpaired) electrons. The first kappa shape index (κ1) is 7.17. The zero-order valence-corrected chi connectivity index (χ0v) is 7.83. The molecule has 0 rings (SSSR count). The molecule has 0 aliphatic rings. The van der Waals surface area contributed by atoms with Crippen LogP contribution >= 0.6 is 0 Å². The molecule has 0 aliphatic carbocycles. The van der Waals surface area contributed by atoms with Crippen LogP contribution < -0.4 is 0 Å². The van der Waals surface area contributed by atoms with Crippen LogP contribution in [0, 0.1) is 0 Å². The van der Waals surface area contributed by atoms with E-state index in [1.165, 1.54) is 0 Å². The first-order valence-electron chi connectivity index (χ1n) is 5.16. The molecule has 0 aromatic heterocycles. The lowest BCUT2D eigenvalue weighted by Gasteiger charge is -2.23. The number of carboxylic acid groups (broad SMARTS) is 1. The number of likely N-dealkylation sites (N-methyl/N-ethyl adjacent to an activating group) is 1. The van der Waals surface area contributed by atoms with Gasteiger partial charge >= 0.3 is 12.1 Å². The highest BCUT2D eigenvalue weighted by Crippen LogP contribution is 2.08. The molecule has 0 aromatic carbocycles. The number of carboxylic acids is 1. The van der Waals surface area contributed by atoms with Crippen LogP contribution in [0.4, 0.5) is 4.79 Å². The molecule has 0 atom stereocenters. The minimum absolute atomic E-state index is 0.195. The van der Waals surface area contributed by atoms with Crippen LogP contribution in [-0.2, 0) is 9.53 Å². The third kappa shape index (κ3) is 5.95. The largest absolute Gasteiger partial charge is 0.480 e. The van der Waals surface area contributed by atoms with Crippen molar-refractivity contribution < 1.29 is 23.5 Å². The summed E-state index contributed by atoms with van der Waals surface area (Å²) in [5.41, 5.74) is -0.876. The molecule has 76 valence electrons. The molecule has 0 aromatic rings. The summed E-state index contributed by atoms with van der Waals surface area (Å²) in [6.45, 7) is 0.919. The standard InChI is InChI=1S/C8H15NO4/c1-8(2,3)13-7(12)9(4)5-6(10)11/h5H2,1-4H3,(H,10,11)/i4D3. The first-order valence-corrected chi connectivity index (χ1v) is 3.66. The highest BCUT2D eigenvalue weighted by Gasteiger charge is 2.20. The van der Waals surface area contributed by atoms with E-state index in [0.717, 1.165) is 0 Å². The molecule has 0 unspecified atom stereocenters. The molecule has 5 heteroatoms. The van der Waals surface area contributed by atoms with Crippen molar-refractivity contribution in [1.29, 1.82) is 0 Å². The van der Waals surface area contributed by atoms with Crippen LogP contribution in [0.5, 0.6) is 0 Å². The lowest BCUT2D eigenvalue weighted by molar-refractivity contribution is -0.137. The molecule has 0 spiro atoms. The monoisotopic (exact) mass is 192 g/mol. The van der Waals surface area contributed by atoms with Crippen LogP contribution in [0.1, 0.15) is 24.9 Å². The number of aliphatic carboxylic acids is 1. The highest BCUT2D eigenvalue weighted by atomic mass is 16.6. The van der Waals surface area contributed by atoms with Crippen molar-refractivity contribution in [1.82, 2.24) is 4.90 Å². The Hall–Kier alpha value is -1.26. The number of carbonyl (C=O) groups excluding carboxylic acids is 1. The Bertz CT molecular complexity index is 282. The van der Waals surface area contributed by atoms with Crippen LogP contribution in [0.2, 0.25) is 0 Å². The fraction of sp³-hybridized carbons (Fsp3) is 0.750. The summed E-state index contributed by atoms with van der Waals surface area (Å²) in [6.07, 6.45) is -1.17. The van der Waals surface area contributed by atoms with E-state index < -0.39 is 31.2 Å². The molecule has 1 amide bonds. The fourth-order valence-electron chi connectivity index (χ4n) is 0.517. The third-order valence-electron chi connectivity index (χ3n) is 0.907. The van der Waals surface area contributed by atoms with E-state index in [-0.39, 0.29) is 4.90 Å². The maximum Gasteiger partial charge on any atom is 0.410 e. The Labute approximate surface area is 81.5 Å². The predicted molar refractivity (Wildman–Crippen MR) is 46.5 cm³/mol. The minimum atomic E-state index is -2.83. The van der Waals surface area contributed by atoms with Gasteiger partial charge in [0.05, 0.1) is 0 Å². The molecular weight excluding hydrogens is 174 g/mol. The summed E-state index contributed by atoms with van der Waals surface area (Å²) in [5, 5.41) is 8.49. The van der Waals surface area contributed by atoms with E-state index in [0.29, 0.717) is 0 Å². The van der Waals surface area contributed by atoms with E-state index in [1.807, 2.05) is 0 Å². The quantitative estimate of drug-likeness (QED) is 0.707. The van der Waals surface area contributed by atoms with Gasteiger partial charge in [0, 0.05) is 11.1 Å². The Morgan fingerprint density at radius 3 is 2.38 bits per heavy atom. The van der Waals surface area contributed by atoms with Gasteiger partial charge in [-0.25, -0.2) is 4.79 Å². The van der Waals surface area contributed by atoms with Crippen molar-refractivity contribution in [2.24, 2.45) is 0 Å². The molecule has 0 saturated heterocycles. The topological polar surface area (TPSA) is 66.8 Å². The van der Waals surface area contributed by atoms with Gasteiger partial charge in [0.25, 0.3) is 0 Å². The second-order valence-electron chi connectivity index (χ2n) is 3.46. The lowest BCUT2D eigenvalue weighted by Crippen LogP contribution is -2.37. The van der Waals surface area contributed by atoms with Gasteiger partial charge < -0.3 is 14.7 Å². The van der Waals surface area contributed by atoms with E-state index in [2.05, 4.69) is 0 Å². The lowest BCUT2D eigenvalue weighted by atomic mass is 10.2. The van der Waals surface area contributed by atoms with Gasteiger partial charge in [-0.15, -0.1) is 0 Å². The van der Waals surface area contributed by atoms with Gasteiger partial charge in [-0.1, -0.05) is 0 Å². The molecule has 5 nitrogen and oxygen atoms in total. The van der Waals surface area contributed by atoms with Crippen LogP contribution in [0.25, 0.3) is 0 Å². The summed E-state index contributed by atoms with van der Waals surface area (Å²) in [7, 11) is 0. The molecular formula is C8H15NO4. The Balaban J connectivity index is 4.78. The fourth-order valence-corrected chi connectivity index (χ4v) is 0.517. The molecule has 0 heterocycles. The maximum atomic E-state index is 11.4. The van der Waals surface area contributed by atoms with Gasteiger partial charge in [0.2, 0.25) is 0 Å². The van der Waals surface area contributed by atoms with Gasteiger partial charge in [-0.05, 0) is 20.8 Å². The second-order valence-corrected chi connectivity index (χ2v) is 3.46. The number of rotatable bonds is 2. The number of ether oxygens (including phenoxy) is 1. The van der Waals surface area contributed by atoms with E-state index in [1.54, 1.807) is 20.8 Å². The van der Waals surface area contributed by atoms with Crippen molar-refractivity contribution in [3.63, 3.8) is 0 Å². The number of amides is 1. The Morgan fingerprint density at radius 1 is 1.54 bits per heavy atom. The SMILES string of the molecule is [2H]C([2H])([2H])N(CC(=O)O)C(=O)OC(C)(C)C. The van der Waals surface area contributed by atoms with Crippen LogP contribution in [-0.4, -0.2) is 41.2 Å². The molecule has 0 saturated carbocycles. The highest BCUT2D eigenvalue weighted by molar-refractivity contribution is 5.76. The molecule has 1 N–H and O–H groups in total.